The number of aliphatic hydroxyl groups is 1. The van der Waals surface area contributed by atoms with E-state index in [0.29, 0.717) is 24.1 Å². The van der Waals surface area contributed by atoms with Crippen molar-refractivity contribution in [3.8, 4) is 0 Å². The van der Waals surface area contributed by atoms with Crippen LogP contribution in [-0.4, -0.2) is 52.0 Å². The lowest BCUT2D eigenvalue weighted by Crippen LogP contribution is -2.32. The summed E-state index contributed by atoms with van der Waals surface area (Å²) in [6, 6.07) is 3.33. The van der Waals surface area contributed by atoms with Crippen LogP contribution in [0.2, 0.25) is 0 Å². The molecule has 2 aromatic heterocycles. The summed E-state index contributed by atoms with van der Waals surface area (Å²) in [5.74, 6) is 0.269. The first-order chi connectivity index (χ1) is 10.2. The summed E-state index contributed by atoms with van der Waals surface area (Å²) >= 11 is 0. The Bertz CT molecular complexity index is 664. The molecule has 112 valence electrons. The molecular weight excluding hydrogens is 274 g/mol. The standard InChI is InChI=1S/C14H17N3O4/c1-20-14(19)11-3-2-10-13(16-11)17(8-9-5-7-21-9)12(15-10)4-6-18/h2-3,9,18H,4-8H2,1H3/t9-/m0/s1. The molecular formula is C14H17N3O4. The Morgan fingerprint density at radius 3 is 2.95 bits per heavy atom. The molecule has 0 amide bonds. The van der Waals surface area contributed by atoms with E-state index in [-0.39, 0.29) is 18.4 Å². The number of ether oxygens (including phenoxy) is 2. The SMILES string of the molecule is COC(=O)c1ccc2nc(CCO)n(C[C@@H]3CCO3)c2n1. The highest BCUT2D eigenvalue weighted by molar-refractivity contribution is 5.89. The van der Waals surface area contributed by atoms with Crippen LogP contribution in [0, 0.1) is 0 Å². The van der Waals surface area contributed by atoms with E-state index >= 15 is 0 Å². The number of pyridine rings is 1. The third-order valence-corrected chi connectivity index (χ3v) is 3.58. The van der Waals surface area contributed by atoms with Gasteiger partial charge in [0.2, 0.25) is 0 Å². The van der Waals surface area contributed by atoms with Gasteiger partial charge in [-0.2, -0.15) is 0 Å². The number of hydrogen-bond acceptors (Lipinski definition) is 6. The monoisotopic (exact) mass is 291 g/mol. The Balaban J connectivity index is 2.04. The number of methoxy groups -OCH3 is 1. The fourth-order valence-corrected chi connectivity index (χ4v) is 2.38. The Morgan fingerprint density at radius 1 is 1.52 bits per heavy atom. The minimum Gasteiger partial charge on any atom is -0.464 e. The Kier molecular flexibility index (Phi) is 3.85. The summed E-state index contributed by atoms with van der Waals surface area (Å²) in [4.78, 5) is 20.4. The van der Waals surface area contributed by atoms with Gasteiger partial charge >= 0.3 is 5.97 Å². The van der Waals surface area contributed by atoms with E-state index in [9.17, 15) is 9.90 Å². The number of imidazole rings is 1. The largest absolute Gasteiger partial charge is 0.464 e. The van der Waals surface area contributed by atoms with E-state index in [1.165, 1.54) is 7.11 Å². The summed E-state index contributed by atoms with van der Waals surface area (Å²) in [6.07, 6.45) is 1.58. The smallest absolute Gasteiger partial charge is 0.356 e. The van der Waals surface area contributed by atoms with E-state index in [1.807, 2.05) is 4.57 Å². The fraction of sp³-hybridized carbons (Fsp3) is 0.500. The minimum atomic E-state index is -0.478. The molecule has 0 bridgehead atoms. The van der Waals surface area contributed by atoms with Crippen LogP contribution in [0.1, 0.15) is 22.7 Å². The maximum atomic E-state index is 11.6. The normalized spacial score (nSPS) is 17.7. The van der Waals surface area contributed by atoms with Crippen LogP contribution < -0.4 is 0 Å². The van der Waals surface area contributed by atoms with E-state index in [0.717, 1.165) is 18.9 Å². The summed E-state index contributed by atoms with van der Waals surface area (Å²) in [6.45, 7) is 1.41. The number of rotatable bonds is 5. The van der Waals surface area contributed by atoms with Gasteiger partial charge in [-0.15, -0.1) is 0 Å². The molecule has 0 aromatic carbocycles. The molecule has 7 heteroatoms. The second kappa shape index (κ2) is 5.79. The van der Waals surface area contributed by atoms with Crippen molar-refractivity contribution in [3.05, 3.63) is 23.7 Å². The fourth-order valence-electron chi connectivity index (χ4n) is 2.38. The van der Waals surface area contributed by atoms with Gasteiger partial charge in [-0.05, 0) is 18.6 Å². The summed E-state index contributed by atoms with van der Waals surface area (Å²) < 4.78 is 12.1. The van der Waals surface area contributed by atoms with Crippen molar-refractivity contribution in [1.29, 1.82) is 0 Å². The average Bonchev–Trinajstić information content (AvgIpc) is 2.79. The van der Waals surface area contributed by atoms with Crippen LogP contribution in [-0.2, 0) is 22.4 Å². The first kappa shape index (κ1) is 14.0. The van der Waals surface area contributed by atoms with Crippen LogP contribution in [0.3, 0.4) is 0 Å². The third kappa shape index (κ3) is 2.62. The number of esters is 1. The zero-order valence-corrected chi connectivity index (χ0v) is 11.8. The van der Waals surface area contributed by atoms with Crippen molar-refractivity contribution >= 4 is 17.1 Å². The zero-order chi connectivity index (χ0) is 14.8. The van der Waals surface area contributed by atoms with Crippen LogP contribution >= 0.6 is 0 Å². The molecule has 1 aliphatic rings. The van der Waals surface area contributed by atoms with Crippen LogP contribution in [0.15, 0.2) is 12.1 Å². The topological polar surface area (TPSA) is 86.5 Å². The highest BCUT2D eigenvalue weighted by atomic mass is 16.5. The van der Waals surface area contributed by atoms with E-state index in [4.69, 9.17) is 9.47 Å². The van der Waals surface area contributed by atoms with E-state index < -0.39 is 5.97 Å². The van der Waals surface area contributed by atoms with Gasteiger partial charge in [-0.3, -0.25) is 0 Å². The molecule has 0 spiro atoms. The molecule has 0 saturated carbocycles. The molecule has 2 aromatic rings. The lowest BCUT2D eigenvalue weighted by Gasteiger charge is -2.27. The van der Waals surface area contributed by atoms with Crippen LogP contribution in [0.25, 0.3) is 11.2 Å². The molecule has 3 heterocycles. The zero-order valence-electron chi connectivity index (χ0n) is 11.8. The van der Waals surface area contributed by atoms with Gasteiger partial charge in [0.05, 0.1) is 26.4 Å². The quantitative estimate of drug-likeness (QED) is 0.809. The Morgan fingerprint density at radius 2 is 2.33 bits per heavy atom. The molecule has 7 nitrogen and oxygen atoms in total. The molecule has 1 N–H and O–H groups in total. The Hall–Kier alpha value is -1.99. The molecule has 3 rings (SSSR count). The first-order valence-electron chi connectivity index (χ1n) is 6.90. The number of carbonyl (C=O) groups is 1. The Labute approximate surface area is 121 Å². The second-order valence-electron chi connectivity index (χ2n) is 4.92. The summed E-state index contributed by atoms with van der Waals surface area (Å²) in [7, 11) is 1.32. The number of aliphatic hydroxyl groups excluding tert-OH is 1. The van der Waals surface area contributed by atoms with Crippen molar-refractivity contribution in [1.82, 2.24) is 14.5 Å². The van der Waals surface area contributed by atoms with Crippen molar-refractivity contribution in [2.45, 2.75) is 25.5 Å². The van der Waals surface area contributed by atoms with Gasteiger partial charge in [0, 0.05) is 13.0 Å². The van der Waals surface area contributed by atoms with Gasteiger partial charge in [-0.25, -0.2) is 14.8 Å². The van der Waals surface area contributed by atoms with Gasteiger partial charge in [0.1, 0.15) is 11.3 Å². The third-order valence-electron chi connectivity index (χ3n) is 3.58. The second-order valence-corrected chi connectivity index (χ2v) is 4.92. The maximum absolute atomic E-state index is 11.6. The first-order valence-corrected chi connectivity index (χ1v) is 6.90. The number of nitrogens with zero attached hydrogens (tertiary/aromatic N) is 3. The van der Waals surface area contributed by atoms with Crippen molar-refractivity contribution in [2.24, 2.45) is 0 Å². The van der Waals surface area contributed by atoms with Gasteiger partial charge < -0.3 is 19.1 Å². The predicted octanol–water partition coefficient (Wildman–Crippen LogP) is 0.542. The average molecular weight is 291 g/mol. The lowest BCUT2D eigenvalue weighted by atomic mass is 10.2. The summed E-state index contributed by atoms with van der Waals surface area (Å²) in [5, 5.41) is 9.18. The highest BCUT2D eigenvalue weighted by Crippen LogP contribution is 2.20. The van der Waals surface area contributed by atoms with Crippen molar-refractivity contribution in [3.63, 3.8) is 0 Å². The van der Waals surface area contributed by atoms with Crippen molar-refractivity contribution in [2.75, 3.05) is 20.3 Å². The molecule has 0 aliphatic carbocycles. The minimum absolute atomic E-state index is 0.0126. The van der Waals surface area contributed by atoms with Crippen LogP contribution in [0.4, 0.5) is 0 Å². The van der Waals surface area contributed by atoms with Gasteiger partial charge in [0.15, 0.2) is 11.3 Å². The van der Waals surface area contributed by atoms with E-state index in [2.05, 4.69) is 9.97 Å². The molecule has 0 unspecified atom stereocenters. The molecule has 1 atom stereocenters. The van der Waals surface area contributed by atoms with Crippen LogP contribution in [0.5, 0.6) is 0 Å². The number of hydrogen-bond donors (Lipinski definition) is 1. The number of fused-ring (bicyclic) bond motifs is 1. The molecule has 1 aliphatic heterocycles. The molecule has 0 radical (unpaired) electrons. The lowest BCUT2D eigenvalue weighted by molar-refractivity contribution is -0.0591. The number of aromatic nitrogens is 3. The van der Waals surface area contributed by atoms with Gasteiger partial charge in [-0.1, -0.05) is 0 Å². The highest BCUT2D eigenvalue weighted by Gasteiger charge is 2.22. The molecule has 1 fully saturated rings. The summed E-state index contributed by atoms with van der Waals surface area (Å²) in [5.41, 5.74) is 1.57. The molecule has 21 heavy (non-hydrogen) atoms. The van der Waals surface area contributed by atoms with E-state index in [1.54, 1.807) is 12.1 Å². The number of carbonyl (C=O) groups excluding carboxylic acids is 1. The molecule has 1 saturated heterocycles. The maximum Gasteiger partial charge on any atom is 0.356 e. The van der Waals surface area contributed by atoms with Gasteiger partial charge in [0.25, 0.3) is 0 Å². The van der Waals surface area contributed by atoms with Crippen molar-refractivity contribution < 1.29 is 19.4 Å². The predicted molar refractivity (Wildman–Crippen MR) is 74.0 cm³/mol.